The lowest BCUT2D eigenvalue weighted by molar-refractivity contribution is -0.119. The fourth-order valence-electron chi connectivity index (χ4n) is 1.40. The van der Waals surface area contributed by atoms with E-state index in [0.29, 0.717) is 10.2 Å². The van der Waals surface area contributed by atoms with Crippen molar-refractivity contribution in [2.24, 2.45) is 5.92 Å². The van der Waals surface area contributed by atoms with Gasteiger partial charge in [0.15, 0.2) is 0 Å². The summed E-state index contributed by atoms with van der Waals surface area (Å²) >= 11 is 3.08. The fourth-order valence-corrected chi connectivity index (χ4v) is 1.78. The molecule has 1 aromatic rings. The Bertz CT molecular complexity index is 381. The van der Waals surface area contributed by atoms with Gasteiger partial charge in [0.25, 0.3) is 0 Å². The van der Waals surface area contributed by atoms with Crippen molar-refractivity contribution in [1.82, 2.24) is 0 Å². The van der Waals surface area contributed by atoms with E-state index in [1.54, 1.807) is 12.1 Å². The van der Waals surface area contributed by atoms with E-state index < -0.39 is 0 Å². The molecule has 0 bridgehead atoms. The van der Waals surface area contributed by atoms with Gasteiger partial charge in [-0.2, -0.15) is 0 Å². The lowest BCUT2D eigenvalue weighted by Gasteiger charge is -2.11. The molecule has 1 unspecified atom stereocenters. The van der Waals surface area contributed by atoms with E-state index in [0.717, 1.165) is 12.8 Å². The van der Waals surface area contributed by atoms with E-state index >= 15 is 0 Å². The molecule has 1 aromatic carbocycles. The number of benzene rings is 1. The monoisotopic (exact) mass is 287 g/mol. The molecule has 4 heteroatoms. The molecule has 0 saturated heterocycles. The highest BCUT2D eigenvalue weighted by Gasteiger charge is 2.12. The molecule has 1 N–H and O–H groups in total. The second-order valence-corrected chi connectivity index (χ2v) is 4.66. The van der Waals surface area contributed by atoms with Gasteiger partial charge in [0, 0.05) is 11.6 Å². The largest absolute Gasteiger partial charge is 0.326 e. The maximum Gasteiger partial charge on any atom is 0.227 e. The standard InChI is InChI=1S/C12H15BrFNO/c1-3-4-8(2)12(16)15-9-5-6-11(14)10(13)7-9/h5-8H,3-4H2,1-2H3,(H,15,16). The molecule has 88 valence electrons. The van der Waals surface area contributed by atoms with Crippen LogP contribution < -0.4 is 5.32 Å². The highest BCUT2D eigenvalue weighted by Crippen LogP contribution is 2.20. The summed E-state index contributed by atoms with van der Waals surface area (Å²) in [6.07, 6.45) is 1.83. The molecule has 1 rings (SSSR count). The molecule has 0 aliphatic carbocycles. The zero-order chi connectivity index (χ0) is 12.1. The predicted octanol–water partition coefficient (Wildman–Crippen LogP) is 3.96. The first-order chi connectivity index (χ1) is 7.54. The molecule has 1 amide bonds. The third kappa shape index (κ3) is 3.59. The van der Waals surface area contributed by atoms with Crippen LogP contribution in [0.25, 0.3) is 0 Å². The minimum atomic E-state index is -0.334. The molecule has 2 nitrogen and oxygen atoms in total. The van der Waals surface area contributed by atoms with Gasteiger partial charge >= 0.3 is 0 Å². The average Bonchev–Trinajstić information content (AvgIpc) is 2.24. The fraction of sp³-hybridized carbons (Fsp3) is 0.417. The molecule has 0 aromatic heterocycles. The van der Waals surface area contributed by atoms with Gasteiger partial charge in [-0.15, -0.1) is 0 Å². The molecule has 0 aliphatic rings. The van der Waals surface area contributed by atoms with Gasteiger partial charge in [0.05, 0.1) is 4.47 Å². The Balaban J connectivity index is 2.66. The normalized spacial score (nSPS) is 12.2. The third-order valence-corrected chi connectivity index (χ3v) is 2.96. The molecule has 0 fully saturated rings. The van der Waals surface area contributed by atoms with E-state index in [1.807, 2.05) is 13.8 Å². The summed E-state index contributed by atoms with van der Waals surface area (Å²) in [5.74, 6) is -0.381. The molecule has 0 saturated carbocycles. The number of carbonyl (C=O) groups excluding carboxylic acids is 1. The number of hydrogen-bond acceptors (Lipinski definition) is 1. The molecule has 0 heterocycles. The summed E-state index contributed by atoms with van der Waals surface area (Å²) in [5, 5.41) is 2.76. The van der Waals surface area contributed by atoms with Crippen LogP contribution in [0.3, 0.4) is 0 Å². The van der Waals surface area contributed by atoms with Crippen LogP contribution in [0.15, 0.2) is 22.7 Å². The maximum atomic E-state index is 13.0. The van der Waals surface area contributed by atoms with Gasteiger partial charge in [-0.1, -0.05) is 20.3 Å². The van der Waals surface area contributed by atoms with Crippen LogP contribution >= 0.6 is 15.9 Å². The number of nitrogens with one attached hydrogen (secondary N) is 1. The summed E-state index contributed by atoms with van der Waals surface area (Å²) < 4.78 is 13.3. The Kier molecular flexibility index (Phi) is 4.93. The van der Waals surface area contributed by atoms with Crippen LogP contribution in [0.4, 0.5) is 10.1 Å². The second kappa shape index (κ2) is 5.99. The molecular weight excluding hydrogens is 273 g/mol. The third-order valence-electron chi connectivity index (χ3n) is 2.36. The van der Waals surface area contributed by atoms with E-state index in [4.69, 9.17) is 0 Å². The van der Waals surface area contributed by atoms with Gasteiger partial charge < -0.3 is 5.32 Å². The predicted molar refractivity (Wildman–Crippen MR) is 66.8 cm³/mol. The lowest BCUT2D eigenvalue weighted by atomic mass is 10.1. The lowest BCUT2D eigenvalue weighted by Crippen LogP contribution is -2.20. The van der Waals surface area contributed by atoms with Crippen LogP contribution in [-0.2, 0) is 4.79 Å². The minimum Gasteiger partial charge on any atom is -0.326 e. The first-order valence-electron chi connectivity index (χ1n) is 5.30. The Morgan fingerprint density at radius 3 is 2.81 bits per heavy atom. The van der Waals surface area contributed by atoms with E-state index in [2.05, 4.69) is 21.2 Å². The maximum absolute atomic E-state index is 13.0. The van der Waals surface area contributed by atoms with Gasteiger partial charge in [-0.05, 0) is 40.5 Å². The van der Waals surface area contributed by atoms with Crippen molar-refractivity contribution >= 4 is 27.5 Å². The van der Waals surface area contributed by atoms with E-state index in [9.17, 15) is 9.18 Å². The second-order valence-electron chi connectivity index (χ2n) is 3.81. The Morgan fingerprint density at radius 1 is 1.56 bits per heavy atom. The van der Waals surface area contributed by atoms with Crippen LogP contribution in [0.1, 0.15) is 26.7 Å². The van der Waals surface area contributed by atoms with Crippen molar-refractivity contribution in [1.29, 1.82) is 0 Å². The number of anilines is 1. The first kappa shape index (κ1) is 13.2. The summed E-state index contributed by atoms with van der Waals surface area (Å²) in [7, 11) is 0. The van der Waals surface area contributed by atoms with Crippen LogP contribution in [0.5, 0.6) is 0 Å². The van der Waals surface area contributed by atoms with Gasteiger partial charge in [0.2, 0.25) is 5.91 Å². The van der Waals surface area contributed by atoms with Crippen LogP contribution in [0, 0.1) is 11.7 Å². The zero-order valence-corrected chi connectivity index (χ0v) is 11.0. The summed E-state index contributed by atoms with van der Waals surface area (Å²) in [6, 6.07) is 4.44. The summed E-state index contributed by atoms with van der Waals surface area (Å²) in [4.78, 5) is 11.7. The number of halogens is 2. The minimum absolute atomic E-state index is 0.0196. The number of amides is 1. The average molecular weight is 288 g/mol. The number of rotatable bonds is 4. The van der Waals surface area contributed by atoms with Gasteiger partial charge in [-0.25, -0.2) is 4.39 Å². The topological polar surface area (TPSA) is 29.1 Å². The smallest absolute Gasteiger partial charge is 0.227 e. The molecule has 0 radical (unpaired) electrons. The van der Waals surface area contributed by atoms with Crippen molar-refractivity contribution < 1.29 is 9.18 Å². The quantitative estimate of drug-likeness (QED) is 0.892. The molecule has 0 spiro atoms. The highest BCUT2D eigenvalue weighted by atomic mass is 79.9. The van der Waals surface area contributed by atoms with Crippen molar-refractivity contribution in [3.8, 4) is 0 Å². The zero-order valence-electron chi connectivity index (χ0n) is 9.39. The van der Waals surface area contributed by atoms with Crippen LogP contribution in [0.2, 0.25) is 0 Å². The SMILES string of the molecule is CCCC(C)C(=O)Nc1ccc(F)c(Br)c1. The van der Waals surface area contributed by atoms with Crippen molar-refractivity contribution in [2.75, 3.05) is 5.32 Å². The first-order valence-corrected chi connectivity index (χ1v) is 6.09. The Morgan fingerprint density at radius 2 is 2.25 bits per heavy atom. The summed E-state index contributed by atoms with van der Waals surface area (Å²) in [6.45, 7) is 3.93. The molecule has 0 aliphatic heterocycles. The van der Waals surface area contributed by atoms with Crippen molar-refractivity contribution in [3.63, 3.8) is 0 Å². The van der Waals surface area contributed by atoms with Crippen molar-refractivity contribution in [2.45, 2.75) is 26.7 Å². The highest BCUT2D eigenvalue weighted by molar-refractivity contribution is 9.10. The van der Waals surface area contributed by atoms with Crippen LogP contribution in [-0.4, -0.2) is 5.91 Å². The van der Waals surface area contributed by atoms with Crippen molar-refractivity contribution in [3.05, 3.63) is 28.5 Å². The molecular formula is C12H15BrFNO. The van der Waals surface area contributed by atoms with Gasteiger partial charge in [-0.3, -0.25) is 4.79 Å². The Labute approximate surface area is 103 Å². The Hall–Kier alpha value is -0.900. The van der Waals surface area contributed by atoms with Gasteiger partial charge in [0.1, 0.15) is 5.82 Å². The molecule has 1 atom stereocenters. The number of hydrogen-bond donors (Lipinski definition) is 1. The van der Waals surface area contributed by atoms with E-state index in [-0.39, 0.29) is 17.6 Å². The summed E-state index contributed by atoms with van der Waals surface area (Å²) in [5.41, 5.74) is 0.612. The molecule has 16 heavy (non-hydrogen) atoms. The van der Waals surface area contributed by atoms with E-state index in [1.165, 1.54) is 6.07 Å². The number of carbonyl (C=O) groups is 1.